The lowest BCUT2D eigenvalue weighted by Crippen LogP contribution is -2.15. The minimum absolute atomic E-state index is 0.0678. The van der Waals surface area contributed by atoms with Gasteiger partial charge in [0.05, 0.1) is 22.0 Å². The van der Waals surface area contributed by atoms with Crippen molar-refractivity contribution < 1.29 is 19.8 Å². The number of hydrogen-bond donors (Lipinski definition) is 4. The molecule has 2 aromatic carbocycles. The molecule has 0 heterocycles. The molecular formula is C14H11ClN2O4. The number of nitrogens with one attached hydrogen (secondary N) is 1. The summed E-state index contributed by atoms with van der Waals surface area (Å²) in [6.07, 6.45) is 0. The van der Waals surface area contributed by atoms with Crippen molar-refractivity contribution in [2.24, 2.45) is 0 Å². The first-order valence-corrected chi connectivity index (χ1v) is 6.19. The van der Waals surface area contributed by atoms with Crippen molar-refractivity contribution in [3.63, 3.8) is 0 Å². The maximum atomic E-state index is 12.1. The Morgan fingerprint density at radius 2 is 1.86 bits per heavy atom. The SMILES string of the molecule is Nc1ccc(C(=O)Nc2ccc(O)cc2C(=O)O)cc1Cl. The summed E-state index contributed by atoms with van der Waals surface area (Å²) in [5.74, 6) is -2.01. The molecule has 108 valence electrons. The van der Waals surface area contributed by atoms with Crippen LogP contribution in [0.5, 0.6) is 5.75 Å². The predicted octanol–water partition coefficient (Wildman–Crippen LogP) is 2.58. The fraction of sp³-hybridized carbons (Fsp3) is 0. The van der Waals surface area contributed by atoms with Gasteiger partial charge in [-0.25, -0.2) is 4.79 Å². The molecule has 5 N–H and O–H groups in total. The van der Waals surface area contributed by atoms with Gasteiger partial charge in [0, 0.05) is 5.56 Å². The Labute approximate surface area is 124 Å². The van der Waals surface area contributed by atoms with Crippen molar-refractivity contribution >= 4 is 34.9 Å². The Bertz CT molecular complexity index is 731. The number of carbonyl (C=O) groups excluding carboxylic acids is 1. The normalized spacial score (nSPS) is 10.1. The molecular weight excluding hydrogens is 296 g/mol. The molecule has 0 aliphatic heterocycles. The fourth-order valence-electron chi connectivity index (χ4n) is 1.68. The maximum absolute atomic E-state index is 12.1. The molecule has 1 amide bonds. The van der Waals surface area contributed by atoms with Gasteiger partial charge in [0.1, 0.15) is 5.75 Å². The van der Waals surface area contributed by atoms with Crippen molar-refractivity contribution in [3.05, 3.63) is 52.5 Å². The van der Waals surface area contributed by atoms with Gasteiger partial charge in [-0.3, -0.25) is 4.79 Å². The molecule has 2 aromatic rings. The van der Waals surface area contributed by atoms with Gasteiger partial charge in [-0.05, 0) is 36.4 Å². The second-order valence-corrected chi connectivity index (χ2v) is 4.63. The van der Waals surface area contributed by atoms with Gasteiger partial charge < -0.3 is 21.3 Å². The van der Waals surface area contributed by atoms with Crippen LogP contribution in [0.1, 0.15) is 20.7 Å². The molecule has 0 aliphatic rings. The van der Waals surface area contributed by atoms with Gasteiger partial charge >= 0.3 is 5.97 Å². The highest BCUT2D eigenvalue weighted by Gasteiger charge is 2.15. The molecule has 0 radical (unpaired) electrons. The highest BCUT2D eigenvalue weighted by atomic mass is 35.5. The van der Waals surface area contributed by atoms with E-state index in [0.717, 1.165) is 6.07 Å². The van der Waals surface area contributed by atoms with Crippen LogP contribution in [-0.2, 0) is 0 Å². The van der Waals surface area contributed by atoms with E-state index in [2.05, 4.69) is 5.32 Å². The summed E-state index contributed by atoms with van der Waals surface area (Å²) in [5, 5.41) is 21.0. The standard InChI is InChI=1S/C14H11ClN2O4/c15-10-5-7(1-3-11(10)16)13(19)17-12-4-2-8(18)6-9(12)14(20)21/h1-6,18H,16H2,(H,17,19)(H,20,21). The Balaban J connectivity index is 2.31. The van der Waals surface area contributed by atoms with Crippen molar-refractivity contribution in [3.8, 4) is 5.75 Å². The van der Waals surface area contributed by atoms with Gasteiger partial charge in [-0.15, -0.1) is 0 Å². The van der Waals surface area contributed by atoms with E-state index >= 15 is 0 Å². The van der Waals surface area contributed by atoms with Crippen molar-refractivity contribution in [2.75, 3.05) is 11.1 Å². The van der Waals surface area contributed by atoms with E-state index in [1.165, 1.54) is 30.3 Å². The minimum Gasteiger partial charge on any atom is -0.508 e. The number of phenols is 1. The van der Waals surface area contributed by atoms with Crippen LogP contribution in [0, 0.1) is 0 Å². The van der Waals surface area contributed by atoms with Crippen molar-refractivity contribution in [1.82, 2.24) is 0 Å². The first kappa shape index (κ1) is 14.7. The molecule has 0 spiro atoms. The van der Waals surface area contributed by atoms with Crippen LogP contribution in [0.15, 0.2) is 36.4 Å². The number of amides is 1. The predicted molar refractivity (Wildman–Crippen MR) is 78.9 cm³/mol. The zero-order chi connectivity index (χ0) is 15.6. The van der Waals surface area contributed by atoms with Crippen LogP contribution in [0.4, 0.5) is 11.4 Å². The zero-order valence-corrected chi connectivity index (χ0v) is 11.4. The van der Waals surface area contributed by atoms with E-state index in [1.54, 1.807) is 0 Å². The summed E-state index contributed by atoms with van der Waals surface area (Å²) < 4.78 is 0. The second-order valence-electron chi connectivity index (χ2n) is 4.23. The largest absolute Gasteiger partial charge is 0.508 e. The quantitative estimate of drug-likeness (QED) is 0.514. The average Bonchev–Trinajstić information content (AvgIpc) is 2.43. The van der Waals surface area contributed by atoms with Crippen LogP contribution in [0.3, 0.4) is 0 Å². The number of anilines is 2. The molecule has 7 heteroatoms. The van der Waals surface area contributed by atoms with E-state index in [1.807, 2.05) is 0 Å². The van der Waals surface area contributed by atoms with Crippen molar-refractivity contribution in [2.45, 2.75) is 0 Å². The molecule has 0 fully saturated rings. The van der Waals surface area contributed by atoms with E-state index in [9.17, 15) is 14.7 Å². The summed E-state index contributed by atoms with van der Waals surface area (Å²) >= 11 is 5.83. The maximum Gasteiger partial charge on any atom is 0.337 e. The monoisotopic (exact) mass is 306 g/mol. The Hall–Kier alpha value is -2.73. The van der Waals surface area contributed by atoms with E-state index in [4.69, 9.17) is 22.4 Å². The number of phenolic OH excluding ortho intramolecular Hbond substituents is 1. The second kappa shape index (κ2) is 5.72. The third-order valence-electron chi connectivity index (χ3n) is 2.74. The number of carboxylic acid groups (broad SMARTS) is 1. The minimum atomic E-state index is -1.27. The lowest BCUT2D eigenvalue weighted by molar-refractivity contribution is 0.0697. The molecule has 0 aliphatic carbocycles. The topological polar surface area (TPSA) is 113 Å². The number of carboxylic acids is 1. The summed E-state index contributed by atoms with van der Waals surface area (Å²) in [6.45, 7) is 0. The summed E-state index contributed by atoms with van der Waals surface area (Å²) in [7, 11) is 0. The number of halogens is 1. The average molecular weight is 307 g/mol. The molecule has 0 bridgehead atoms. The third-order valence-corrected chi connectivity index (χ3v) is 3.07. The number of aromatic carboxylic acids is 1. The number of hydrogen-bond acceptors (Lipinski definition) is 4. The molecule has 2 rings (SSSR count). The first-order chi connectivity index (χ1) is 9.88. The highest BCUT2D eigenvalue weighted by Crippen LogP contribution is 2.23. The van der Waals surface area contributed by atoms with E-state index in [0.29, 0.717) is 5.69 Å². The van der Waals surface area contributed by atoms with Gasteiger partial charge in [0.2, 0.25) is 0 Å². The van der Waals surface area contributed by atoms with Crippen LogP contribution in [-0.4, -0.2) is 22.1 Å². The molecule has 6 nitrogen and oxygen atoms in total. The van der Waals surface area contributed by atoms with Gasteiger partial charge in [-0.1, -0.05) is 11.6 Å². The number of aromatic hydroxyl groups is 1. The highest BCUT2D eigenvalue weighted by molar-refractivity contribution is 6.33. The molecule has 0 saturated carbocycles. The zero-order valence-electron chi connectivity index (χ0n) is 10.6. The number of benzene rings is 2. The first-order valence-electron chi connectivity index (χ1n) is 5.81. The molecule has 0 atom stereocenters. The number of nitrogen functional groups attached to an aromatic ring is 1. The summed E-state index contributed by atoms with van der Waals surface area (Å²) in [5.41, 5.74) is 5.97. The smallest absolute Gasteiger partial charge is 0.337 e. The van der Waals surface area contributed by atoms with Crippen molar-refractivity contribution in [1.29, 1.82) is 0 Å². The lowest BCUT2D eigenvalue weighted by atomic mass is 10.1. The Kier molecular flexibility index (Phi) is 4.00. The number of nitrogens with two attached hydrogens (primary N) is 1. The van der Waals surface area contributed by atoms with Gasteiger partial charge in [-0.2, -0.15) is 0 Å². The van der Waals surface area contributed by atoms with E-state index < -0.39 is 11.9 Å². The number of rotatable bonds is 3. The summed E-state index contributed by atoms with van der Waals surface area (Å²) in [4.78, 5) is 23.2. The third kappa shape index (κ3) is 3.24. The van der Waals surface area contributed by atoms with Crippen LogP contribution in [0.25, 0.3) is 0 Å². The summed E-state index contributed by atoms with van der Waals surface area (Å²) in [6, 6.07) is 7.96. The Morgan fingerprint density at radius 3 is 2.48 bits per heavy atom. The number of carbonyl (C=O) groups is 2. The van der Waals surface area contributed by atoms with Crippen LogP contribution in [0.2, 0.25) is 5.02 Å². The van der Waals surface area contributed by atoms with Crippen LogP contribution < -0.4 is 11.1 Å². The molecule has 21 heavy (non-hydrogen) atoms. The molecule has 0 saturated heterocycles. The van der Waals surface area contributed by atoms with Crippen LogP contribution >= 0.6 is 11.6 Å². The van der Waals surface area contributed by atoms with Gasteiger partial charge in [0.25, 0.3) is 5.91 Å². The molecule has 0 aromatic heterocycles. The lowest BCUT2D eigenvalue weighted by Gasteiger charge is -2.09. The van der Waals surface area contributed by atoms with Gasteiger partial charge in [0.15, 0.2) is 0 Å². The fourth-order valence-corrected chi connectivity index (χ4v) is 1.86. The molecule has 0 unspecified atom stereocenters. The van der Waals surface area contributed by atoms with E-state index in [-0.39, 0.29) is 27.6 Å². The Morgan fingerprint density at radius 1 is 1.14 bits per heavy atom.